The van der Waals surface area contributed by atoms with Crippen LogP contribution in [0.2, 0.25) is 0 Å². The smallest absolute Gasteiger partial charge is 0.250 e. The summed E-state index contributed by atoms with van der Waals surface area (Å²) in [6.07, 6.45) is 5.22. The van der Waals surface area contributed by atoms with Crippen LogP contribution in [0.3, 0.4) is 0 Å². The molecule has 0 bridgehead atoms. The Balaban J connectivity index is 1.61. The molecule has 0 spiro atoms. The molecule has 6 heteroatoms. The van der Waals surface area contributed by atoms with E-state index in [1.807, 2.05) is 0 Å². The highest BCUT2D eigenvalue weighted by molar-refractivity contribution is 7.15. The van der Waals surface area contributed by atoms with Crippen molar-refractivity contribution in [2.75, 3.05) is 5.32 Å². The lowest BCUT2D eigenvalue weighted by Crippen LogP contribution is -2.07. The predicted molar refractivity (Wildman–Crippen MR) is 75.9 cm³/mol. The molecule has 0 saturated heterocycles. The normalized spacial score (nSPS) is 14.7. The van der Waals surface area contributed by atoms with E-state index in [1.165, 1.54) is 29.5 Å². The van der Waals surface area contributed by atoms with Gasteiger partial charge in [0.2, 0.25) is 11.0 Å². The lowest BCUT2D eigenvalue weighted by atomic mass is 10.2. The molecule has 102 valence electrons. The number of rotatable bonds is 4. The van der Waals surface area contributed by atoms with E-state index in [1.54, 1.807) is 18.2 Å². The minimum atomic E-state index is -0.328. The van der Waals surface area contributed by atoms with E-state index < -0.39 is 0 Å². The number of anilines is 1. The van der Waals surface area contributed by atoms with Crippen molar-refractivity contribution >= 4 is 28.5 Å². The van der Waals surface area contributed by atoms with Crippen LogP contribution in [0.25, 0.3) is 6.08 Å². The first kappa shape index (κ1) is 12.9. The van der Waals surface area contributed by atoms with Crippen molar-refractivity contribution in [3.63, 3.8) is 0 Å². The van der Waals surface area contributed by atoms with Gasteiger partial charge in [-0.2, -0.15) is 0 Å². The summed E-state index contributed by atoms with van der Waals surface area (Å²) in [5.41, 5.74) is 0.635. The molecule has 1 saturated carbocycles. The molecule has 1 heterocycles. The molecule has 3 rings (SSSR count). The lowest BCUT2D eigenvalue weighted by molar-refractivity contribution is -0.111. The molecule has 0 radical (unpaired) electrons. The average molecular weight is 289 g/mol. The van der Waals surface area contributed by atoms with Gasteiger partial charge < -0.3 is 0 Å². The summed E-state index contributed by atoms with van der Waals surface area (Å²) >= 11 is 1.41. The largest absolute Gasteiger partial charge is 0.297 e. The van der Waals surface area contributed by atoms with Gasteiger partial charge in [0.1, 0.15) is 10.8 Å². The summed E-state index contributed by atoms with van der Waals surface area (Å²) in [4.78, 5) is 11.7. The Hall–Kier alpha value is -2.08. The zero-order valence-corrected chi connectivity index (χ0v) is 11.4. The molecular formula is C14H12FN3OS. The second-order valence-corrected chi connectivity index (χ2v) is 5.61. The van der Waals surface area contributed by atoms with Crippen LogP contribution in [0.5, 0.6) is 0 Å². The fourth-order valence-corrected chi connectivity index (χ4v) is 2.62. The molecule has 1 aliphatic rings. The first-order chi connectivity index (χ1) is 9.70. The van der Waals surface area contributed by atoms with Crippen LogP contribution in [-0.4, -0.2) is 16.1 Å². The SMILES string of the molecule is O=C(C=Cc1cccc(F)c1)Nc1nnc(C2CC2)s1. The minimum Gasteiger partial charge on any atom is -0.297 e. The lowest BCUT2D eigenvalue weighted by Gasteiger charge is -1.95. The quantitative estimate of drug-likeness (QED) is 0.879. The standard InChI is InChI=1S/C14H12FN3OS/c15-11-3-1-2-9(8-11)4-7-12(19)16-14-18-17-13(20-14)10-5-6-10/h1-4,7-8,10H,5-6H2,(H,16,18,19). The summed E-state index contributed by atoms with van der Waals surface area (Å²) in [7, 11) is 0. The summed E-state index contributed by atoms with van der Waals surface area (Å²) < 4.78 is 13.0. The summed E-state index contributed by atoms with van der Waals surface area (Å²) in [5, 5.41) is 12.1. The Bertz CT molecular complexity index is 664. The third-order valence-corrected chi connectivity index (χ3v) is 3.87. The third-order valence-electron chi connectivity index (χ3n) is 2.87. The van der Waals surface area contributed by atoms with E-state index in [4.69, 9.17) is 0 Å². The van der Waals surface area contributed by atoms with Gasteiger partial charge in [0.05, 0.1) is 0 Å². The first-order valence-electron chi connectivity index (χ1n) is 6.29. The predicted octanol–water partition coefficient (Wildman–Crippen LogP) is 3.21. The Morgan fingerprint density at radius 3 is 3.00 bits per heavy atom. The van der Waals surface area contributed by atoms with Crippen molar-refractivity contribution in [3.05, 3.63) is 46.7 Å². The monoisotopic (exact) mass is 289 g/mol. The summed E-state index contributed by atoms with van der Waals surface area (Å²) in [6, 6.07) is 6.04. The highest BCUT2D eigenvalue weighted by Crippen LogP contribution is 2.41. The van der Waals surface area contributed by atoms with Crippen molar-refractivity contribution in [1.82, 2.24) is 10.2 Å². The molecule has 1 amide bonds. The number of hydrogen-bond acceptors (Lipinski definition) is 4. The van der Waals surface area contributed by atoms with Crippen molar-refractivity contribution in [1.29, 1.82) is 0 Å². The number of halogens is 1. The fraction of sp³-hybridized carbons (Fsp3) is 0.214. The molecule has 0 aliphatic heterocycles. The molecule has 0 unspecified atom stereocenters. The van der Waals surface area contributed by atoms with Crippen molar-refractivity contribution in [3.8, 4) is 0 Å². The Kier molecular flexibility index (Phi) is 3.56. The van der Waals surface area contributed by atoms with E-state index in [0.29, 0.717) is 16.6 Å². The van der Waals surface area contributed by atoms with Crippen LogP contribution in [0.4, 0.5) is 9.52 Å². The van der Waals surface area contributed by atoms with E-state index in [2.05, 4.69) is 15.5 Å². The molecule has 2 aromatic rings. The van der Waals surface area contributed by atoms with Crippen molar-refractivity contribution in [2.24, 2.45) is 0 Å². The van der Waals surface area contributed by atoms with Gasteiger partial charge in [-0.25, -0.2) is 4.39 Å². The van der Waals surface area contributed by atoms with Crippen LogP contribution in [-0.2, 0) is 4.79 Å². The molecular weight excluding hydrogens is 277 g/mol. The van der Waals surface area contributed by atoms with Gasteiger partial charge in [-0.1, -0.05) is 23.5 Å². The number of carbonyl (C=O) groups excluding carboxylic acids is 1. The molecule has 1 N–H and O–H groups in total. The second-order valence-electron chi connectivity index (χ2n) is 4.60. The third kappa shape index (κ3) is 3.27. The molecule has 1 fully saturated rings. The average Bonchev–Trinajstić information content (AvgIpc) is 3.18. The number of hydrogen-bond donors (Lipinski definition) is 1. The fourth-order valence-electron chi connectivity index (χ4n) is 1.71. The molecule has 1 aliphatic carbocycles. The molecule has 20 heavy (non-hydrogen) atoms. The Morgan fingerprint density at radius 2 is 2.25 bits per heavy atom. The van der Waals surface area contributed by atoms with Gasteiger partial charge >= 0.3 is 0 Å². The summed E-state index contributed by atoms with van der Waals surface area (Å²) in [6.45, 7) is 0. The maximum absolute atomic E-state index is 13.0. The zero-order valence-electron chi connectivity index (χ0n) is 10.5. The van der Waals surface area contributed by atoms with Gasteiger partial charge in [-0.15, -0.1) is 10.2 Å². The van der Waals surface area contributed by atoms with Crippen molar-refractivity contribution < 1.29 is 9.18 Å². The van der Waals surface area contributed by atoms with Gasteiger partial charge in [0, 0.05) is 12.0 Å². The van der Waals surface area contributed by atoms with Crippen LogP contribution in [0, 0.1) is 5.82 Å². The highest BCUT2D eigenvalue weighted by Gasteiger charge is 2.27. The number of nitrogens with one attached hydrogen (secondary N) is 1. The molecule has 1 aromatic carbocycles. The number of aromatic nitrogens is 2. The maximum atomic E-state index is 13.0. The van der Waals surface area contributed by atoms with Gasteiger partial charge in [-0.05, 0) is 36.6 Å². The van der Waals surface area contributed by atoms with Gasteiger partial charge in [0.15, 0.2) is 0 Å². The van der Waals surface area contributed by atoms with Crippen LogP contribution >= 0.6 is 11.3 Å². The van der Waals surface area contributed by atoms with Crippen molar-refractivity contribution in [2.45, 2.75) is 18.8 Å². The highest BCUT2D eigenvalue weighted by atomic mass is 32.1. The number of benzene rings is 1. The van der Waals surface area contributed by atoms with E-state index in [-0.39, 0.29) is 11.7 Å². The number of carbonyl (C=O) groups is 1. The zero-order chi connectivity index (χ0) is 13.9. The Labute approximate surface area is 119 Å². The minimum absolute atomic E-state index is 0.298. The van der Waals surface area contributed by atoms with E-state index in [0.717, 1.165) is 17.8 Å². The summed E-state index contributed by atoms with van der Waals surface area (Å²) in [5.74, 6) is -0.0977. The number of nitrogens with zero attached hydrogens (tertiary/aromatic N) is 2. The van der Waals surface area contributed by atoms with Crippen LogP contribution in [0.15, 0.2) is 30.3 Å². The maximum Gasteiger partial charge on any atom is 0.250 e. The molecule has 4 nitrogen and oxygen atoms in total. The van der Waals surface area contributed by atoms with Crippen LogP contribution < -0.4 is 5.32 Å². The van der Waals surface area contributed by atoms with E-state index in [9.17, 15) is 9.18 Å². The van der Waals surface area contributed by atoms with E-state index >= 15 is 0 Å². The van der Waals surface area contributed by atoms with Gasteiger partial charge in [0.25, 0.3) is 0 Å². The topological polar surface area (TPSA) is 54.9 Å². The Morgan fingerprint density at radius 1 is 1.40 bits per heavy atom. The number of amides is 1. The first-order valence-corrected chi connectivity index (χ1v) is 7.10. The molecule has 0 atom stereocenters. The van der Waals surface area contributed by atoms with Gasteiger partial charge in [-0.3, -0.25) is 10.1 Å². The second kappa shape index (κ2) is 5.50. The van der Waals surface area contributed by atoms with Crippen LogP contribution in [0.1, 0.15) is 29.3 Å². The molecule has 1 aromatic heterocycles.